The van der Waals surface area contributed by atoms with Gasteiger partial charge in [0.1, 0.15) is 16.4 Å². The van der Waals surface area contributed by atoms with Crippen LogP contribution in [-0.2, 0) is 4.79 Å². The maximum atomic E-state index is 12.2. The van der Waals surface area contributed by atoms with Crippen molar-refractivity contribution in [2.45, 2.75) is 6.92 Å². The Labute approximate surface area is 128 Å². The predicted molar refractivity (Wildman–Crippen MR) is 79.8 cm³/mol. The summed E-state index contributed by atoms with van der Waals surface area (Å²) in [5.41, 5.74) is 0.594. The van der Waals surface area contributed by atoms with Crippen LogP contribution in [0.2, 0.25) is 4.34 Å². The summed E-state index contributed by atoms with van der Waals surface area (Å²) in [6.07, 6.45) is 0. The van der Waals surface area contributed by atoms with Crippen molar-refractivity contribution in [1.29, 1.82) is 0 Å². The molecule has 0 aliphatic carbocycles. The van der Waals surface area contributed by atoms with Crippen molar-refractivity contribution >= 4 is 46.2 Å². The van der Waals surface area contributed by atoms with Crippen LogP contribution in [0.5, 0.6) is 0 Å². The summed E-state index contributed by atoms with van der Waals surface area (Å²) in [5, 5.41) is 9.43. The van der Waals surface area contributed by atoms with Crippen LogP contribution in [0.4, 0.5) is 0 Å². The second kappa shape index (κ2) is 5.90. The van der Waals surface area contributed by atoms with E-state index >= 15 is 0 Å². The van der Waals surface area contributed by atoms with E-state index in [9.17, 15) is 9.59 Å². The van der Waals surface area contributed by atoms with E-state index in [1.165, 1.54) is 29.7 Å². The maximum absolute atomic E-state index is 12.2. The van der Waals surface area contributed by atoms with E-state index in [1.807, 2.05) is 6.07 Å². The summed E-state index contributed by atoms with van der Waals surface area (Å²) in [6, 6.07) is 3.62. The van der Waals surface area contributed by atoms with Crippen molar-refractivity contribution in [1.82, 2.24) is 9.88 Å². The van der Waals surface area contributed by atoms with Crippen LogP contribution in [0, 0.1) is 6.92 Å². The van der Waals surface area contributed by atoms with Crippen molar-refractivity contribution in [3.63, 3.8) is 0 Å². The van der Waals surface area contributed by atoms with Gasteiger partial charge >= 0.3 is 5.97 Å². The van der Waals surface area contributed by atoms with Crippen LogP contribution in [0.25, 0.3) is 9.88 Å². The normalized spacial score (nSPS) is 10.6. The molecule has 0 spiro atoms. The largest absolute Gasteiger partial charge is 0.480 e. The van der Waals surface area contributed by atoms with Gasteiger partial charge in [-0.1, -0.05) is 11.6 Å². The monoisotopic (exact) mass is 330 g/mol. The molecule has 20 heavy (non-hydrogen) atoms. The standard InChI is InChI=1S/C12H11ClN2O3S2/c1-6-10(12(18)15(2)5-9(16)17)20-11(14-6)7-3-4-8(13)19-7/h3-4H,5H2,1-2H3,(H,16,17). The highest BCUT2D eigenvalue weighted by Gasteiger charge is 2.21. The van der Waals surface area contributed by atoms with Gasteiger partial charge in [-0.3, -0.25) is 9.59 Å². The lowest BCUT2D eigenvalue weighted by molar-refractivity contribution is -0.137. The molecule has 8 heteroatoms. The Morgan fingerprint density at radius 1 is 1.40 bits per heavy atom. The quantitative estimate of drug-likeness (QED) is 0.935. The third kappa shape index (κ3) is 3.17. The minimum Gasteiger partial charge on any atom is -0.480 e. The Bertz CT molecular complexity index is 665. The maximum Gasteiger partial charge on any atom is 0.323 e. The smallest absolute Gasteiger partial charge is 0.323 e. The Balaban J connectivity index is 2.27. The zero-order valence-electron chi connectivity index (χ0n) is 10.7. The summed E-state index contributed by atoms with van der Waals surface area (Å²) < 4.78 is 0.656. The molecule has 5 nitrogen and oxygen atoms in total. The first-order valence-corrected chi connectivity index (χ1v) is 7.60. The number of rotatable bonds is 4. The number of aliphatic carboxylic acids is 1. The molecule has 0 saturated carbocycles. The molecule has 0 atom stereocenters. The van der Waals surface area contributed by atoms with Gasteiger partial charge in [0, 0.05) is 7.05 Å². The van der Waals surface area contributed by atoms with Gasteiger partial charge < -0.3 is 10.0 Å². The second-order valence-electron chi connectivity index (χ2n) is 4.09. The molecule has 0 aliphatic heterocycles. The van der Waals surface area contributed by atoms with Crippen molar-refractivity contribution in [3.05, 3.63) is 27.0 Å². The van der Waals surface area contributed by atoms with Gasteiger partial charge in [0.05, 0.1) is 14.9 Å². The highest BCUT2D eigenvalue weighted by molar-refractivity contribution is 7.24. The average molecular weight is 331 g/mol. The molecular weight excluding hydrogens is 320 g/mol. The van der Waals surface area contributed by atoms with Gasteiger partial charge in [-0.25, -0.2) is 4.98 Å². The Morgan fingerprint density at radius 2 is 2.10 bits per heavy atom. The number of hydrogen-bond acceptors (Lipinski definition) is 5. The Kier molecular flexibility index (Phi) is 4.42. The lowest BCUT2D eigenvalue weighted by Gasteiger charge is -2.13. The predicted octanol–water partition coefficient (Wildman–Crippen LogP) is 2.99. The van der Waals surface area contributed by atoms with Crippen molar-refractivity contribution in [2.75, 3.05) is 13.6 Å². The number of nitrogens with zero attached hydrogens (tertiary/aromatic N) is 2. The van der Waals surface area contributed by atoms with Crippen LogP contribution in [0.1, 0.15) is 15.4 Å². The van der Waals surface area contributed by atoms with E-state index in [-0.39, 0.29) is 12.5 Å². The molecule has 1 N–H and O–H groups in total. The fraction of sp³-hybridized carbons (Fsp3) is 0.250. The fourth-order valence-corrected chi connectivity index (χ4v) is 3.74. The lowest BCUT2D eigenvalue weighted by Crippen LogP contribution is -2.31. The Morgan fingerprint density at radius 3 is 2.65 bits per heavy atom. The third-order valence-corrected chi connectivity index (χ3v) is 5.04. The summed E-state index contributed by atoms with van der Waals surface area (Å²) in [4.78, 5) is 29.7. The molecule has 0 bridgehead atoms. The van der Waals surface area contributed by atoms with Gasteiger partial charge in [-0.15, -0.1) is 22.7 Å². The molecule has 2 rings (SSSR count). The van der Waals surface area contributed by atoms with Gasteiger partial charge in [-0.2, -0.15) is 0 Å². The van der Waals surface area contributed by atoms with Crippen LogP contribution in [-0.4, -0.2) is 40.5 Å². The van der Waals surface area contributed by atoms with Gasteiger partial charge in [0.2, 0.25) is 0 Å². The molecule has 0 unspecified atom stereocenters. The third-order valence-electron chi connectivity index (χ3n) is 2.49. The number of amides is 1. The van der Waals surface area contributed by atoms with Gasteiger partial charge in [-0.05, 0) is 19.1 Å². The molecule has 2 aromatic rings. The summed E-state index contributed by atoms with van der Waals surface area (Å²) in [6.45, 7) is 1.40. The number of thiazole rings is 1. The fourth-order valence-electron chi connectivity index (χ4n) is 1.58. The first-order valence-electron chi connectivity index (χ1n) is 5.59. The number of aromatic nitrogens is 1. The number of carbonyl (C=O) groups excluding carboxylic acids is 1. The van der Waals surface area contributed by atoms with E-state index < -0.39 is 5.97 Å². The highest BCUT2D eigenvalue weighted by Crippen LogP contribution is 2.35. The van der Waals surface area contributed by atoms with Gasteiger partial charge in [0.15, 0.2) is 0 Å². The highest BCUT2D eigenvalue weighted by atomic mass is 35.5. The van der Waals surface area contributed by atoms with Crippen LogP contribution in [0.3, 0.4) is 0 Å². The average Bonchev–Trinajstić information content (AvgIpc) is 2.93. The minimum absolute atomic E-state index is 0.337. The number of thiophene rings is 1. The van der Waals surface area contributed by atoms with Crippen LogP contribution in [0.15, 0.2) is 12.1 Å². The zero-order valence-corrected chi connectivity index (χ0v) is 13.1. The molecule has 2 aromatic heterocycles. The van der Waals surface area contributed by atoms with Gasteiger partial charge in [0.25, 0.3) is 5.91 Å². The number of carboxylic acids is 1. The number of halogens is 1. The lowest BCUT2D eigenvalue weighted by atomic mass is 10.3. The number of hydrogen-bond donors (Lipinski definition) is 1. The molecule has 0 aromatic carbocycles. The number of likely N-dealkylation sites (N-methyl/N-ethyl adjacent to an activating group) is 1. The minimum atomic E-state index is -1.05. The van der Waals surface area contributed by atoms with E-state index in [2.05, 4.69) is 4.98 Å². The van der Waals surface area contributed by atoms with Crippen molar-refractivity contribution in [2.24, 2.45) is 0 Å². The number of carboxylic acid groups (broad SMARTS) is 1. The Hall–Kier alpha value is -1.44. The SMILES string of the molecule is Cc1nc(-c2ccc(Cl)s2)sc1C(=O)N(C)CC(=O)O. The van der Waals surface area contributed by atoms with E-state index in [4.69, 9.17) is 16.7 Å². The van der Waals surface area contributed by atoms with E-state index in [0.29, 0.717) is 19.9 Å². The molecule has 106 valence electrons. The molecule has 2 heterocycles. The van der Waals surface area contributed by atoms with E-state index in [0.717, 1.165) is 9.78 Å². The first kappa shape index (κ1) is 15.0. The molecule has 1 amide bonds. The topological polar surface area (TPSA) is 70.5 Å². The summed E-state index contributed by atoms with van der Waals surface area (Å²) in [5.74, 6) is -1.38. The first-order chi connectivity index (χ1) is 9.38. The van der Waals surface area contributed by atoms with Crippen molar-refractivity contribution in [3.8, 4) is 9.88 Å². The van der Waals surface area contributed by atoms with Crippen LogP contribution < -0.4 is 0 Å². The summed E-state index contributed by atoms with van der Waals surface area (Å²) in [7, 11) is 1.46. The molecule has 0 aliphatic rings. The number of aryl methyl sites for hydroxylation is 1. The zero-order chi connectivity index (χ0) is 14.9. The molecule has 0 radical (unpaired) electrons. The molecule has 0 saturated heterocycles. The van der Waals surface area contributed by atoms with Crippen molar-refractivity contribution < 1.29 is 14.7 Å². The molecule has 0 fully saturated rings. The van der Waals surface area contributed by atoms with Crippen LogP contribution >= 0.6 is 34.3 Å². The van der Waals surface area contributed by atoms with E-state index in [1.54, 1.807) is 13.0 Å². The summed E-state index contributed by atoms with van der Waals surface area (Å²) >= 11 is 8.52. The second-order valence-corrected chi connectivity index (χ2v) is 6.81. The number of carbonyl (C=O) groups is 2. The molecular formula is C12H11ClN2O3S2.